The third-order valence-electron chi connectivity index (χ3n) is 3.36. The average molecular weight is 296 g/mol. The summed E-state index contributed by atoms with van der Waals surface area (Å²) in [5.41, 5.74) is 2.80. The molecule has 5 heteroatoms. The van der Waals surface area contributed by atoms with Gasteiger partial charge in [-0.3, -0.25) is 0 Å². The van der Waals surface area contributed by atoms with Gasteiger partial charge in [0.15, 0.2) is 0 Å². The number of benzene rings is 2. The Labute approximate surface area is 128 Å². The first-order valence-electron chi connectivity index (χ1n) is 6.84. The van der Waals surface area contributed by atoms with Crippen molar-refractivity contribution in [2.45, 2.75) is 6.92 Å². The fraction of sp³-hybridized carbons (Fsp3) is 0.176. The van der Waals surface area contributed by atoms with Crippen molar-refractivity contribution in [2.24, 2.45) is 0 Å². The van der Waals surface area contributed by atoms with Crippen LogP contribution >= 0.6 is 0 Å². The maximum atomic E-state index is 5.77. The summed E-state index contributed by atoms with van der Waals surface area (Å²) in [6.07, 6.45) is 0. The summed E-state index contributed by atoms with van der Waals surface area (Å²) in [5, 5.41) is 8.22. The van der Waals surface area contributed by atoms with E-state index >= 15 is 0 Å². The molecule has 0 unspecified atom stereocenters. The molecule has 0 amide bonds. The Kier molecular flexibility index (Phi) is 3.78. The number of aromatic nitrogens is 2. The zero-order chi connectivity index (χ0) is 15.5. The van der Waals surface area contributed by atoms with Crippen molar-refractivity contribution in [3.8, 4) is 34.4 Å². The Bertz CT molecular complexity index is 779. The Morgan fingerprint density at radius 3 is 2.27 bits per heavy atom. The van der Waals surface area contributed by atoms with Gasteiger partial charge in [-0.1, -0.05) is 17.7 Å². The van der Waals surface area contributed by atoms with Crippen molar-refractivity contribution in [1.29, 1.82) is 0 Å². The highest BCUT2D eigenvalue weighted by atomic mass is 16.5. The highest BCUT2D eigenvalue weighted by molar-refractivity contribution is 5.65. The van der Waals surface area contributed by atoms with Gasteiger partial charge in [-0.2, -0.15) is 0 Å². The summed E-state index contributed by atoms with van der Waals surface area (Å²) in [6.45, 7) is 2.03. The van der Waals surface area contributed by atoms with E-state index in [1.807, 2.05) is 43.3 Å². The Hall–Kier alpha value is -2.82. The first kappa shape index (κ1) is 14.1. The molecule has 3 rings (SSSR count). The standard InChI is InChI=1S/C17H16N2O3/c1-11-4-6-12(7-5-11)16-18-19-17(22-16)14-9-8-13(20-2)10-15(14)21-3/h4-10H,1-3H3. The molecule has 3 aromatic rings. The predicted molar refractivity (Wildman–Crippen MR) is 83.0 cm³/mol. The molecule has 112 valence electrons. The molecule has 0 saturated heterocycles. The van der Waals surface area contributed by atoms with Crippen LogP contribution in [0.4, 0.5) is 0 Å². The average Bonchev–Trinajstić information content (AvgIpc) is 3.04. The number of ether oxygens (including phenoxy) is 2. The molecule has 0 bridgehead atoms. The van der Waals surface area contributed by atoms with Gasteiger partial charge in [-0.05, 0) is 31.2 Å². The second-order valence-corrected chi connectivity index (χ2v) is 4.84. The lowest BCUT2D eigenvalue weighted by Crippen LogP contribution is -1.90. The molecular weight excluding hydrogens is 280 g/mol. The van der Waals surface area contributed by atoms with Gasteiger partial charge in [-0.25, -0.2) is 0 Å². The summed E-state index contributed by atoms with van der Waals surface area (Å²) < 4.78 is 16.3. The van der Waals surface area contributed by atoms with Gasteiger partial charge in [0.2, 0.25) is 5.89 Å². The minimum atomic E-state index is 0.412. The van der Waals surface area contributed by atoms with Crippen LogP contribution < -0.4 is 9.47 Å². The van der Waals surface area contributed by atoms with E-state index in [-0.39, 0.29) is 0 Å². The third kappa shape index (κ3) is 2.65. The zero-order valence-electron chi connectivity index (χ0n) is 12.7. The fourth-order valence-electron chi connectivity index (χ4n) is 2.12. The normalized spacial score (nSPS) is 10.5. The van der Waals surface area contributed by atoms with Gasteiger partial charge in [0.25, 0.3) is 5.89 Å². The second kappa shape index (κ2) is 5.89. The first-order valence-corrected chi connectivity index (χ1v) is 6.84. The molecule has 0 spiro atoms. The molecule has 0 N–H and O–H groups in total. The van der Waals surface area contributed by atoms with E-state index in [9.17, 15) is 0 Å². The van der Waals surface area contributed by atoms with Crippen molar-refractivity contribution in [2.75, 3.05) is 14.2 Å². The van der Waals surface area contributed by atoms with Crippen molar-refractivity contribution >= 4 is 0 Å². The second-order valence-electron chi connectivity index (χ2n) is 4.84. The number of rotatable bonds is 4. The van der Waals surface area contributed by atoms with E-state index in [2.05, 4.69) is 10.2 Å². The maximum Gasteiger partial charge on any atom is 0.251 e. The number of methoxy groups -OCH3 is 2. The molecule has 0 fully saturated rings. The van der Waals surface area contributed by atoms with E-state index in [4.69, 9.17) is 13.9 Å². The predicted octanol–water partition coefficient (Wildman–Crippen LogP) is 3.73. The molecule has 2 aromatic carbocycles. The van der Waals surface area contributed by atoms with Crippen molar-refractivity contribution < 1.29 is 13.9 Å². The first-order chi connectivity index (χ1) is 10.7. The van der Waals surface area contributed by atoms with Gasteiger partial charge < -0.3 is 13.9 Å². The molecule has 0 aliphatic carbocycles. The SMILES string of the molecule is COc1ccc(-c2nnc(-c3ccc(C)cc3)o2)c(OC)c1. The van der Waals surface area contributed by atoms with Crippen molar-refractivity contribution in [3.63, 3.8) is 0 Å². The van der Waals surface area contributed by atoms with Gasteiger partial charge >= 0.3 is 0 Å². The quantitative estimate of drug-likeness (QED) is 0.734. The molecular formula is C17H16N2O3. The van der Waals surface area contributed by atoms with E-state index in [0.29, 0.717) is 23.3 Å². The van der Waals surface area contributed by atoms with E-state index in [0.717, 1.165) is 11.1 Å². The molecule has 0 aliphatic rings. The van der Waals surface area contributed by atoms with E-state index in [1.165, 1.54) is 5.56 Å². The summed E-state index contributed by atoms with van der Waals surface area (Å²) >= 11 is 0. The highest BCUT2D eigenvalue weighted by Gasteiger charge is 2.15. The van der Waals surface area contributed by atoms with Gasteiger partial charge in [0.05, 0.1) is 19.8 Å². The van der Waals surface area contributed by atoms with Crippen LogP contribution in [0.15, 0.2) is 46.9 Å². The molecule has 0 aliphatic heterocycles. The van der Waals surface area contributed by atoms with E-state index < -0.39 is 0 Å². The summed E-state index contributed by atoms with van der Waals surface area (Å²) in [4.78, 5) is 0. The Morgan fingerprint density at radius 1 is 0.864 bits per heavy atom. The van der Waals surface area contributed by atoms with Gasteiger partial charge in [-0.15, -0.1) is 10.2 Å². The van der Waals surface area contributed by atoms with Crippen LogP contribution in [-0.4, -0.2) is 24.4 Å². The zero-order valence-corrected chi connectivity index (χ0v) is 12.7. The maximum absolute atomic E-state index is 5.77. The number of nitrogens with zero attached hydrogens (tertiary/aromatic N) is 2. The molecule has 22 heavy (non-hydrogen) atoms. The van der Waals surface area contributed by atoms with Crippen LogP contribution in [0.2, 0.25) is 0 Å². The molecule has 5 nitrogen and oxygen atoms in total. The van der Waals surface area contributed by atoms with Crippen LogP contribution in [0, 0.1) is 6.92 Å². The smallest absolute Gasteiger partial charge is 0.251 e. The summed E-state index contributed by atoms with van der Waals surface area (Å²) in [6, 6.07) is 13.4. The lowest BCUT2D eigenvalue weighted by molar-refractivity contribution is 0.394. The van der Waals surface area contributed by atoms with Crippen LogP contribution in [0.1, 0.15) is 5.56 Å². The van der Waals surface area contributed by atoms with Crippen molar-refractivity contribution in [1.82, 2.24) is 10.2 Å². The summed E-state index contributed by atoms with van der Waals surface area (Å²) in [5.74, 6) is 2.22. The summed E-state index contributed by atoms with van der Waals surface area (Å²) in [7, 11) is 3.20. The molecule has 0 radical (unpaired) electrons. The van der Waals surface area contributed by atoms with Crippen LogP contribution in [0.5, 0.6) is 11.5 Å². The topological polar surface area (TPSA) is 57.4 Å². The third-order valence-corrected chi connectivity index (χ3v) is 3.36. The Morgan fingerprint density at radius 2 is 1.59 bits per heavy atom. The number of hydrogen-bond donors (Lipinski definition) is 0. The molecule has 1 heterocycles. The minimum Gasteiger partial charge on any atom is -0.497 e. The number of aryl methyl sites for hydroxylation is 1. The van der Waals surface area contributed by atoms with E-state index in [1.54, 1.807) is 20.3 Å². The fourth-order valence-corrected chi connectivity index (χ4v) is 2.12. The van der Waals surface area contributed by atoms with Crippen LogP contribution in [0.25, 0.3) is 22.9 Å². The van der Waals surface area contributed by atoms with Crippen molar-refractivity contribution in [3.05, 3.63) is 48.0 Å². The largest absolute Gasteiger partial charge is 0.497 e. The minimum absolute atomic E-state index is 0.412. The van der Waals surface area contributed by atoms with Crippen LogP contribution in [-0.2, 0) is 0 Å². The van der Waals surface area contributed by atoms with Gasteiger partial charge in [0.1, 0.15) is 11.5 Å². The van der Waals surface area contributed by atoms with Crippen LogP contribution in [0.3, 0.4) is 0 Å². The Balaban J connectivity index is 1.98. The van der Waals surface area contributed by atoms with Gasteiger partial charge in [0, 0.05) is 11.6 Å². The monoisotopic (exact) mass is 296 g/mol. The molecule has 0 atom stereocenters. The number of hydrogen-bond acceptors (Lipinski definition) is 5. The lowest BCUT2D eigenvalue weighted by atomic mass is 10.1. The lowest BCUT2D eigenvalue weighted by Gasteiger charge is -2.07. The highest BCUT2D eigenvalue weighted by Crippen LogP contribution is 2.33. The molecule has 0 saturated carbocycles. The molecule has 1 aromatic heterocycles.